The van der Waals surface area contributed by atoms with Gasteiger partial charge in [0.15, 0.2) is 5.82 Å². The second-order valence-corrected chi connectivity index (χ2v) is 15.6. The van der Waals surface area contributed by atoms with Crippen LogP contribution < -0.4 is 0 Å². The lowest BCUT2D eigenvalue weighted by atomic mass is 9.79. The summed E-state index contributed by atoms with van der Waals surface area (Å²) in [5.41, 5.74) is 3.33. The number of likely N-dealkylation sites (tertiary alicyclic amines) is 1. The maximum atomic E-state index is 17.2. The highest BCUT2D eigenvalue weighted by Gasteiger charge is 2.59. The molecule has 3 saturated carbocycles. The fourth-order valence-electron chi connectivity index (χ4n) is 9.01. The lowest BCUT2D eigenvalue weighted by Crippen LogP contribution is -2.43. The number of aromatic nitrogens is 2. The van der Waals surface area contributed by atoms with E-state index in [1.165, 1.54) is 11.8 Å². The molecule has 0 unspecified atom stereocenters. The van der Waals surface area contributed by atoms with E-state index >= 15 is 4.39 Å². The Hall–Kier alpha value is -3.52. The highest BCUT2D eigenvalue weighted by atomic mass is 35.5. The summed E-state index contributed by atoms with van der Waals surface area (Å²) in [6.45, 7) is 0.446. The third kappa shape index (κ3) is 4.36. The monoisotopic (exact) mass is 703 g/mol. The number of pyridine rings is 1. The van der Waals surface area contributed by atoms with Gasteiger partial charge < -0.3 is 19.5 Å². The van der Waals surface area contributed by atoms with E-state index in [0.29, 0.717) is 39.0 Å². The number of fused-ring (bicyclic) bond motifs is 5. The minimum absolute atomic E-state index is 0.0878. The Morgan fingerprint density at radius 2 is 1.92 bits per heavy atom. The summed E-state index contributed by atoms with van der Waals surface area (Å²) in [6, 6.07) is 11.2. The molecule has 0 radical (unpaired) electrons. The first-order valence-electron chi connectivity index (χ1n) is 16.6. The standard InChI is InChI=1S/C36H32Cl2FN5O3S/c1-48-34-22-14-26(25-12-18-11-24(18)43(25)35(45)16-7-8-16)44(32-19-13-27(32)42(15-19)36(46)47)33(22)21-10-17(4-3-9-40)28(30(39)31(21)41-34)20-5-2-6-23(37)29(20)38/h2,5-6,10,14,16,18-19,24-25,27,32H,3-4,7-8,11-13,15H2,1H3,(H,46,47)/t18-,19-,24-,25-,27-,32+/m1/s1. The molecule has 3 saturated heterocycles. The third-order valence-corrected chi connectivity index (χ3v) is 12.9. The number of nitriles is 1. The molecule has 10 rings (SSSR count). The van der Waals surface area contributed by atoms with Gasteiger partial charge in [0.25, 0.3) is 0 Å². The van der Waals surface area contributed by atoms with Crippen molar-refractivity contribution in [3.63, 3.8) is 0 Å². The van der Waals surface area contributed by atoms with E-state index in [1.54, 1.807) is 23.1 Å². The summed E-state index contributed by atoms with van der Waals surface area (Å²) in [7, 11) is 0. The number of thioether (sulfide) groups is 1. The molecule has 2 bridgehead atoms. The molecule has 2 aromatic carbocycles. The van der Waals surface area contributed by atoms with Gasteiger partial charge in [-0.3, -0.25) is 4.79 Å². The van der Waals surface area contributed by atoms with Gasteiger partial charge in [0.05, 0.1) is 39.8 Å². The maximum Gasteiger partial charge on any atom is 0.407 e. The molecular formula is C36H32Cl2FN5O3S. The Labute approximate surface area is 290 Å². The lowest BCUT2D eigenvalue weighted by Gasteiger charge is -2.40. The third-order valence-electron chi connectivity index (χ3n) is 11.4. The number of piperidine rings is 1. The Balaban J connectivity index is 1.34. The molecule has 246 valence electrons. The molecule has 48 heavy (non-hydrogen) atoms. The van der Waals surface area contributed by atoms with E-state index in [0.717, 1.165) is 48.7 Å². The van der Waals surface area contributed by atoms with E-state index in [4.69, 9.17) is 28.2 Å². The van der Waals surface area contributed by atoms with Gasteiger partial charge in [-0.15, -0.1) is 11.8 Å². The Morgan fingerprint density at radius 1 is 1.12 bits per heavy atom. The summed E-state index contributed by atoms with van der Waals surface area (Å²) in [5, 5.41) is 22.3. The van der Waals surface area contributed by atoms with Gasteiger partial charge >= 0.3 is 6.09 Å². The Kier molecular flexibility index (Phi) is 6.99. The average Bonchev–Trinajstić information content (AvgIpc) is 3.87. The predicted molar refractivity (Wildman–Crippen MR) is 183 cm³/mol. The van der Waals surface area contributed by atoms with Crippen LogP contribution in [0.25, 0.3) is 32.9 Å². The SMILES string of the molecule is CSc1nc2c(F)c(-c3cccc(Cl)c3Cl)c(CCC#N)cc2c2c1cc([C@H]1C[C@H]3C[C@H]3N1C(=O)C1CC1)n2[C@H]1[C@@H]2C[C@H]1N(C(=O)O)C2. The van der Waals surface area contributed by atoms with Gasteiger partial charge in [-0.2, -0.15) is 5.26 Å². The van der Waals surface area contributed by atoms with Crippen LogP contribution in [0.3, 0.4) is 0 Å². The van der Waals surface area contributed by atoms with Crippen LogP contribution in [-0.2, 0) is 11.2 Å². The number of aryl methyl sites for hydroxylation is 1. The van der Waals surface area contributed by atoms with E-state index < -0.39 is 11.9 Å². The number of carbonyl (C=O) groups is 2. The second-order valence-electron chi connectivity index (χ2n) is 14.0. The molecule has 4 aromatic rings. The topological polar surface area (TPSA) is 102 Å². The number of amides is 2. The first-order chi connectivity index (χ1) is 23.2. The predicted octanol–water partition coefficient (Wildman–Crippen LogP) is 8.48. The molecule has 1 N–H and O–H groups in total. The van der Waals surface area contributed by atoms with Gasteiger partial charge in [0.1, 0.15) is 10.5 Å². The number of hydrogen-bond donors (Lipinski definition) is 1. The van der Waals surface area contributed by atoms with Crippen molar-refractivity contribution < 1.29 is 19.1 Å². The van der Waals surface area contributed by atoms with Crippen molar-refractivity contribution in [2.45, 2.75) is 74.1 Å². The fourth-order valence-corrected chi connectivity index (χ4v) is 9.96. The minimum atomic E-state index is -0.931. The van der Waals surface area contributed by atoms with Crippen LogP contribution in [0.15, 0.2) is 35.4 Å². The van der Waals surface area contributed by atoms with E-state index in [1.807, 2.05) is 12.3 Å². The number of rotatable bonds is 7. The highest BCUT2D eigenvalue weighted by Crippen LogP contribution is 2.59. The van der Waals surface area contributed by atoms with Crippen LogP contribution >= 0.6 is 35.0 Å². The maximum absolute atomic E-state index is 17.2. The average molecular weight is 705 g/mol. The van der Waals surface area contributed by atoms with Crippen molar-refractivity contribution in [3.8, 4) is 17.2 Å². The molecule has 2 aromatic heterocycles. The van der Waals surface area contributed by atoms with Crippen molar-refractivity contribution >= 4 is 68.8 Å². The minimum Gasteiger partial charge on any atom is -0.465 e. The molecule has 6 atom stereocenters. The van der Waals surface area contributed by atoms with Crippen molar-refractivity contribution in [1.29, 1.82) is 5.26 Å². The van der Waals surface area contributed by atoms with Crippen molar-refractivity contribution in [3.05, 3.63) is 57.5 Å². The molecule has 12 heteroatoms. The summed E-state index contributed by atoms with van der Waals surface area (Å²) in [6.07, 6.45) is 5.97. The van der Waals surface area contributed by atoms with Crippen LogP contribution in [0.2, 0.25) is 10.0 Å². The highest BCUT2D eigenvalue weighted by molar-refractivity contribution is 7.98. The Bertz CT molecular complexity index is 2130. The first kappa shape index (κ1) is 30.5. The van der Waals surface area contributed by atoms with Gasteiger partial charge in [-0.05, 0) is 74.5 Å². The van der Waals surface area contributed by atoms with Crippen molar-refractivity contribution in [2.24, 2.45) is 17.8 Å². The molecule has 3 aliphatic heterocycles. The zero-order chi connectivity index (χ0) is 33.2. The van der Waals surface area contributed by atoms with Gasteiger partial charge in [0, 0.05) is 58.4 Å². The van der Waals surface area contributed by atoms with Crippen molar-refractivity contribution in [1.82, 2.24) is 19.4 Å². The zero-order valence-electron chi connectivity index (χ0n) is 26.1. The Morgan fingerprint density at radius 3 is 2.62 bits per heavy atom. The zero-order valence-corrected chi connectivity index (χ0v) is 28.5. The lowest BCUT2D eigenvalue weighted by molar-refractivity contribution is -0.134. The smallest absolute Gasteiger partial charge is 0.407 e. The number of carbonyl (C=O) groups excluding carboxylic acids is 1. The fraction of sp³-hybridized carbons (Fsp3) is 0.444. The molecule has 6 aliphatic rings. The molecule has 6 fully saturated rings. The van der Waals surface area contributed by atoms with E-state index in [9.17, 15) is 20.0 Å². The summed E-state index contributed by atoms with van der Waals surface area (Å²) < 4.78 is 19.5. The number of nitrogens with zero attached hydrogens (tertiary/aromatic N) is 5. The van der Waals surface area contributed by atoms with Gasteiger partial charge in [-0.1, -0.05) is 35.3 Å². The number of halogens is 3. The molecule has 8 nitrogen and oxygen atoms in total. The van der Waals surface area contributed by atoms with E-state index in [-0.39, 0.29) is 70.9 Å². The number of benzene rings is 2. The van der Waals surface area contributed by atoms with E-state index in [2.05, 4.69) is 21.6 Å². The van der Waals surface area contributed by atoms with Crippen LogP contribution in [0.4, 0.5) is 9.18 Å². The molecule has 2 amide bonds. The summed E-state index contributed by atoms with van der Waals surface area (Å²) in [4.78, 5) is 34.7. The molecule has 0 spiro atoms. The van der Waals surface area contributed by atoms with Crippen LogP contribution in [-0.4, -0.2) is 61.3 Å². The van der Waals surface area contributed by atoms with Gasteiger partial charge in [0.2, 0.25) is 5.91 Å². The summed E-state index contributed by atoms with van der Waals surface area (Å²) in [5.74, 6) is 0.355. The molecule has 5 heterocycles. The molecular weight excluding hydrogens is 672 g/mol. The quantitative estimate of drug-likeness (QED) is 0.194. The summed E-state index contributed by atoms with van der Waals surface area (Å²) >= 11 is 14.5. The first-order valence-corrected chi connectivity index (χ1v) is 18.6. The van der Waals surface area contributed by atoms with Crippen LogP contribution in [0.5, 0.6) is 0 Å². The number of carboxylic acid groups (broad SMARTS) is 1. The van der Waals surface area contributed by atoms with Gasteiger partial charge in [-0.25, -0.2) is 14.2 Å². The normalized spacial score (nSPS) is 27.0. The second kappa shape index (κ2) is 11.0. The van der Waals surface area contributed by atoms with Crippen molar-refractivity contribution in [2.75, 3.05) is 12.8 Å². The number of hydrogen-bond acceptors (Lipinski definition) is 5. The van der Waals surface area contributed by atoms with Crippen LogP contribution in [0.1, 0.15) is 61.9 Å². The van der Waals surface area contributed by atoms with Crippen LogP contribution in [0, 0.1) is 34.9 Å². The largest absolute Gasteiger partial charge is 0.465 e. The molecule has 3 aliphatic carbocycles.